The first-order valence-corrected chi connectivity index (χ1v) is 10.0. The summed E-state index contributed by atoms with van der Waals surface area (Å²) >= 11 is 1.08. The van der Waals surface area contributed by atoms with E-state index in [1.54, 1.807) is 17.5 Å². The third-order valence-electron chi connectivity index (χ3n) is 4.45. The second-order valence-corrected chi connectivity index (χ2v) is 8.45. The van der Waals surface area contributed by atoms with E-state index in [1.165, 1.54) is 11.2 Å². The van der Waals surface area contributed by atoms with Gasteiger partial charge in [-0.15, -0.1) is 5.10 Å². The van der Waals surface area contributed by atoms with Crippen LogP contribution in [0.25, 0.3) is 0 Å². The Balaban J connectivity index is 2.19. The topological polar surface area (TPSA) is 88.3 Å². The SMILES string of the molecule is Cc1cccc(N(C(=O)c2csnn2)[C@@H](C(=O)NC(C)(C)C)c2ccco2)c1C. The number of benzene rings is 1. The van der Waals surface area contributed by atoms with Crippen molar-refractivity contribution in [1.82, 2.24) is 14.9 Å². The lowest BCUT2D eigenvalue weighted by Crippen LogP contribution is -2.49. The Hall–Kier alpha value is -3.00. The number of nitrogens with one attached hydrogen (secondary N) is 1. The number of aryl methyl sites for hydroxylation is 1. The van der Waals surface area contributed by atoms with Crippen LogP contribution < -0.4 is 10.2 Å². The number of anilines is 1. The normalized spacial score (nSPS) is 12.4. The fourth-order valence-electron chi connectivity index (χ4n) is 3.00. The van der Waals surface area contributed by atoms with Crippen molar-refractivity contribution in [1.29, 1.82) is 0 Å². The Morgan fingerprint density at radius 1 is 1.17 bits per heavy atom. The molecule has 0 saturated carbocycles. The van der Waals surface area contributed by atoms with Crippen LogP contribution in [-0.2, 0) is 4.79 Å². The van der Waals surface area contributed by atoms with E-state index in [-0.39, 0.29) is 11.6 Å². The Morgan fingerprint density at radius 3 is 2.52 bits per heavy atom. The van der Waals surface area contributed by atoms with Crippen LogP contribution in [0.1, 0.15) is 54.2 Å². The molecule has 0 radical (unpaired) electrons. The predicted octanol–water partition coefficient (Wildman–Crippen LogP) is 4.05. The smallest absolute Gasteiger partial charge is 0.280 e. The van der Waals surface area contributed by atoms with E-state index in [1.807, 2.05) is 52.8 Å². The molecule has 0 saturated heterocycles. The monoisotopic (exact) mass is 412 g/mol. The number of hydrogen-bond donors (Lipinski definition) is 1. The Morgan fingerprint density at radius 2 is 1.93 bits per heavy atom. The Labute approximate surface area is 173 Å². The van der Waals surface area contributed by atoms with Gasteiger partial charge in [0.15, 0.2) is 11.7 Å². The number of furan rings is 1. The summed E-state index contributed by atoms with van der Waals surface area (Å²) in [5.41, 5.74) is 2.21. The number of amides is 2. The number of nitrogens with zero attached hydrogens (tertiary/aromatic N) is 3. The van der Waals surface area contributed by atoms with Gasteiger partial charge in [0.05, 0.1) is 6.26 Å². The van der Waals surface area contributed by atoms with Gasteiger partial charge in [0.25, 0.3) is 11.8 Å². The van der Waals surface area contributed by atoms with Crippen LogP contribution in [0.5, 0.6) is 0 Å². The third-order valence-corrected chi connectivity index (χ3v) is 4.96. The Kier molecular flexibility index (Phi) is 5.83. The van der Waals surface area contributed by atoms with E-state index in [4.69, 9.17) is 4.42 Å². The van der Waals surface area contributed by atoms with Gasteiger partial charge < -0.3 is 9.73 Å². The fourth-order valence-corrected chi connectivity index (χ4v) is 3.43. The summed E-state index contributed by atoms with van der Waals surface area (Å²) in [6.07, 6.45) is 1.49. The van der Waals surface area contributed by atoms with Gasteiger partial charge >= 0.3 is 0 Å². The van der Waals surface area contributed by atoms with E-state index in [9.17, 15) is 9.59 Å². The number of carbonyl (C=O) groups is 2. The minimum atomic E-state index is -1.00. The maximum atomic E-state index is 13.5. The van der Waals surface area contributed by atoms with Crippen LogP contribution in [0.4, 0.5) is 5.69 Å². The first-order valence-electron chi connectivity index (χ1n) is 9.21. The standard InChI is InChI=1S/C21H24N4O3S/c1-13-8-6-9-16(14(13)2)25(20(27)15-12-29-24-23-15)18(17-10-7-11-28-17)19(26)22-21(3,4)5/h6-12,18H,1-5H3,(H,22,26)/t18-/m1/s1. The molecule has 0 unspecified atom stereocenters. The van der Waals surface area contributed by atoms with Gasteiger partial charge in [-0.1, -0.05) is 16.6 Å². The van der Waals surface area contributed by atoms with Crippen molar-refractivity contribution >= 4 is 29.0 Å². The van der Waals surface area contributed by atoms with Gasteiger partial charge in [0.1, 0.15) is 5.76 Å². The molecular formula is C21H24N4O3S. The first kappa shape index (κ1) is 20.7. The lowest BCUT2D eigenvalue weighted by Gasteiger charge is -2.33. The van der Waals surface area contributed by atoms with Crippen LogP contribution in [0, 0.1) is 13.8 Å². The molecule has 2 heterocycles. The summed E-state index contributed by atoms with van der Waals surface area (Å²) < 4.78 is 9.39. The van der Waals surface area contributed by atoms with Crippen molar-refractivity contribution in [2.24, 2.45) is 0 Å². The summed E-state index contributed by atoms with van der Waals surface area (Å²) in [7, 11) is 0. The third kappa shape index (κ3) is 4.54. The van der Waals surface area contributed by atoms with Crippen molar-refractivity contribution < 1.29 is 14.0 Å². The number of carbonyl (C=O) groups excluding carboxylic acids is 2. The van der Waals surface area contributed by atoms with E-state index in [0.717, 1.165) is 22.7 Å². The summed E-state index contributed by atoms with van der Waals surface area (Å²) in [6, 6.07) is 8.03. The number of aromatic nitrogens is 2. The zero-order valence-electron chi connectivity index (χ0n) is 17.1. The molecule has 1 aromatic carbocycles. The second kappa shape index (κ2) is 8.16. The molecule has 29 heavy (non-hydrogen) atoms. The second-order valence-electron chi connectivity index (χ2n) is 7.84. The molecule has 0 aliphatic rings. The highest BCUT2D eigenvalue weighted by molar-refractivity contribution is 7.03. The molecule has 0 spiro atoms. The molecule has 0 fully saturated rings. The molecule has 0 bridgehead atoms. The van der Waals surface area contributed by atoms with Crippen LogP contribution in [0.15, 0.2) is 46.4 Å². The quantitative estimate of drug-likeness (QED) is 0.683. The fraction of sp³-hybridized carbons (Fsp3) is 0.333. The maximum absolute atomic E-state index is 13.5. The average Bonchev–Trinajstić information content (AvgIpc) is 3.34. The van der Waals surface area contributed by atoms with Gasteiger partial charge in [-0.05, 0) is 75.5 Å². The van der Waals surface area contributed by atoms with Crippen molar-refractivity contribution in [3.8, 4) is 0 Å². The molecule has 152 valence electrons. The lowest BCUT2D eigenvalue weighted by molar-refractivity contribution is -0.124. The molecule has 8 heteroatoms. The van der Waals surface area contributed by atoms with Crippen LogP contribution in [0.3, 0.4) is 0 Å². The maximum Gasteiger partial charge on any atom is 0.280 e. The molecule has 1 N–H and O–H groups in total. The highest BCUT2D eigenvalue weighted by Crippen LogP contribution is 2.33. The van der Waals surface area contributed by atoms with Crippen molar-refractivity contribution in [2.75, 3.05) is 4.90 Å². The van der Waals surface area contributed by atoms with Crippen LogP contribution in [0.2, 0.25) is 0 Å². The summed E-state index contributed by atoms with van der Waals surface area (Å²) in [5.74, 6) is -0.396. The van der Waals surface area contributed by atoms with Crippen molar-refractivity contribution in [3.05, 3.63) is 64.6 Å². The van der Waals surface area contributed by atoms with E-state index >= 15 is 0 Å². The molecule has 1 atom stereocenters. The summed E-state index contributed by atoms with van der Waals surface area (Å²) in [6.45, 7) is 9.55. The number of rotatable bonds is 5. The Bertz CT molecular complexity index is 992. The average molecular weight is 413 g/mol. The minimum absolute atomic E-state index is 0.177. The van der Waals surface area contributed by atoms with Gasteiger partial charge in [0, 0.05) is 16.6 Å². The van der Waals surface area contributed by atoms with E-state index in [2.05, 4.69) is 14.9 Å². The van der Waals surface area contributed by atoms with E-state index < -0.39 is 17.5 Å². The molecule has 0 aliphatic carbocycles. The molecule has 3 aromatic rings. The largest absolute Gasteiger partial charge is 0.467 e. The number of hydrogen-bond acceptors (Lipinski definition) is 6. The van der Waals surface area contributed by atoms with Gasteiger partial charge in [-0.3, -0.25) is 14.5 Å². The van der Waals surface area contributed by atoms with Crippen molar-refractivity contribution in [3.63, 3.8) is 0 Å². The van der Waals surface area contributed by atoms with Gasteiger partial charge in [-0.2, -0.15) is 0 Å². The van der Waals surface area contributed by atoms with E-state index in [0.29, 0.717) is 11.4 Å². The van der Waals surface area contributed by atoms with Gasteiger partial charge in [0.2, 0.25) is 0 Å². The first-order chi connectivity index (χ1) is 13.7. The molecule has 0 aliphatic heterocycles. The highest BCUT2D eigenvalue weighted by atomic mass is 32.1. The minimum Gasteiger partial charge on any atom is -0.467 e. The highest BCUT2D eigenvalue weighted by Gasteiger charge is 2.38. The zero-order chi connectivity index (χ0) is 21.2. The van der Waals surface area contributed by atoms with Crippen LogP contribution in [-0.4, -0.2) is 26.9 Å². The van der Waals surface area contributed by atoms with Crippen LogP contribution >= 0.6 is 11.5 Å². The van der Waals surface area contributed by atoms with Crippen molar-refractivity contribution in [2.45, 2.75) is 46.2 Å². The summed E-state index contributed by atoms with van der Waals surface area (Å²) in [5, 5.41) is 8.46. The lowest BCUT2D eigenvalue weighted by atomic mass is 10.0. The molecule has 2 aromatic heterocycles. The zero-order valence-corrected chi connectivity index (χ0v) is 17.9. The molecule has 2 amide bonds. The molecule has 3 rings (SSSR count). The molecular weight excluding hydrogens is 388 g/mol. The summed E-state index contributed by atoms with van der Waals surface area (Å²) in [4.78, 5) is 28.3. The predicted molar refractivity (Wildman–Crippen MR) is 112 cm³/mol. The van der Waals surface area contributed by atoms with Gasteiger partial charge in [-0.25, -0.2) is 0 Å². The molecule has 7 nitrogen and oxygen atoms in total.